The molecule has 22 heavy (non-hydrogen) atoms. The predicted octanol–water partition coefficient (Wildman–Crippen LogP) is 4.60. The molecule has 0 aliphatic rings. The van der Waals surface area contributed by atoms with E-state index in [1.807, 2.05) is 24.3 Å². The molecule has 0 saturated heterocycles. The van der Waals surface area contributed by atoms with Crippen LogP contribution in [0.4, 0.5) is 5.13 Å². The molecule has 1 amide bonds. The van der Waals surface area contributed by atoms with Crippen LogP contribution in [0.5, 0.6) is 0 Å². The number of anilines is 1. The van der Waals surface area contributed by atoms with Gasteiger partial charge in [0.2, 0.25) is 0 Å². The lowest BCUT2D eigenvalue weighted by atomic mass is 10.3. The van der Waals surface area contributed by atoms with Gasteiger partial charge in [-0.2, -0.15) is 0 Å². The van der Waals surface area contributed by atoms with Crippen molar-refractivity contribution < 1.29 is 4.79 Å². The molecule has 0 radical (unpaired) electrons. The fourth-order valence-electron chi connectivity index (χ4n) is 1.73. The fraction of sp³-hybridized carbons (Fsp3) is 0. The fourth-order valence-corrected chi connectivity index (χ4v) is 3.41. The van der Waals surface area contributed by atoms with Gasteiger partial charge in [-0.05, 0) is 24.3 Å². The van der Waals surface area contributed by atoms with E-state index in [-0.39, 0.29) is 5.91 Å². The van der Waals surface area contributed by atoms with E-state index in [4.69, 9.17) is 11.6 Å². The molecule has 1 aromatic carbocycles. The van der Waals surface area contributed by atoms with Gasteiger partial charge in [-0.3, -0.25) is 10.1 Å². The SMILES string of the molecule is O=C(Nc1nccs1)c1cccnc1Sc1ccccc1Cl. The first-order chi connectivity index (χ1) is 10.7. The van der Waals surface area contributed by atoms with Crippen molar-refractivity contribution in [1.82, 2.24) is 9.97 Å². The maximum Gasteiger partial charge on any atom is 0.260 e. The van der Waals surface area contributed by atoms with Crippen LogP contribution in [-0.2, 0) is 0 Å². The molecular weight excluding hydrogens is 338 g/mol. The van der Waals surface area contributed by atoms with Crippen molar-refractivity contribution in [3.8, 4) is 0 Å². The summed E-state index contributed by atoms with van der Waals surface area (Å²) >= 11 is 8.89. The first-order valence-electron chi connectivity index (χ1n) is 6.32. The summed E-state index contributed by atoms with van der Waals surface area (Å²) in [6.45, 7) is 0. The van der Waals surface area contributed by atoms with Crippen molar-refractivity contribution in [3.63, 3.8) is 0 Å². The summed E-state index contributed by atoms with van der Waals surface area (Å²) < 4.78 is 0. The highest BCUT2D eigenvalue weighted by molar-refractivity contribution is 7.99. The summed E-state index contributed by atoms with van der Waals surface area (Å²) in [7, 11) is 0. The van der Waals surface area contributed by atoms with Gasteiger partial charge in [0.15, 0.2) is 5.13 Å². The number of pyridine rings is 1. The normalized spacial score (nSPS) is 10.4. The Morgan fingerprint density at radius 2 is 2.00 bits per heavy atom. The third-order valence-corrected chi connectivity index (χ3v) is 4.94. The Bertz CT molecular complexity index is 793. The summed E-state index contributed by atoms with van der Waals surface area (Å²) in [5.41, 5.74) is 0.489. The second-order valence-corrected chi connectivity index (χ2v) is 6.51. The smallest absolute Gasteiger partial charge is 0.260 e. The zero-order chi connectivity index (χ0) is 15.4. The van der Waals surface area contributed by atoms with E-state index in [1.54, 1.807) is 29.9 Å². The first-order valence-corrected chi connectivity index (χ1v) is 8.39. The Balaban J connectivity index is 1.87. The zero-order valence-electron chi connectivity index (χ0n) is 11.2. The molecule has 3 rings (SSSR count). The van der Waals surface area contributed by atoms with Gasteiger partial charge in [0.25, 0.3) is 5.91 Å². The molecule has 0 atom stereocenters. The number of amides is 1. The van der Waals surface area contributed by atoms with Crippen LogP contribution in [0.1, 0.15) is 10.4 Å². The summed E-state index contributed by atoms with van der Waals surface area (Å²) in [6, 6.07) is 10.9. The first kappa shape index (κ1) is 15.0. The lowest BCUT2D eigenvalue weighted by Crippen LogP contribution is -2.13. The quantitative estimate of drug-likeness (QED) is 0.749. The zero-order valence-corrected chi connectivity index (χ0v) is 13.6. The van der Waals surface area contributed by atoms with Crippen molar-refractivity contribution in [2.75, 3.05) is 5.32 Å². The van der Waals surface area contributed by atoms with Crippen LogP contribution in [0.15, 0.2) is 64.1 Å². The summed E-state index contributed by atoms with van der Waals surface area (Å²) in [6.07, 6.45) is 3.29. The van der Waals surface area contributed by atoms with Crippen LogP contribution in [0.3, 0.4) is 0 Å². The van der Waals surface area contributed by atoms with Crippen LogP contribution in [0.25, 0.3) is 0 Å². The van der Waals surface area contributed by atoms with Crippen LogP contribution in [0, 0.1) is 0 Å². The van der Waals surface area contributed by atoms with Gasteiger partial charge >= 0.3 is 0 Å². The molecule has 0 fully saturated rings. The van der Waals surface area contributed by atoms with Crippen molar-refractivity contribution in [3.05, 3.63) is 64.8 Å². The average Bonchev–Trinajstić information content (AvgIpc) is 3.03. The van der Waals surface area contributed by atoms with Gasteiger partial charge in [0, 0.05) is 22.7 Å². The van der Waals surface area contributed by atoms with E-state index in [0.29, 0.717) is 20.7 Å². The highest BCUT2D eigenvalue weighted by Gasteiger charge is 2.15. The molecule has 2 aromatic heterocycles. The van der Waals surface area contributed by atoms with Crippen molar-refractivity contribution in [1.29, 1.82) is 0 Å². The number of hydrogen-bond acceptors (Lipinski definition) is 5. The number of carbonyl (C=O) groups excluding carboxylic acids is 1. The minimum absolute atomic E-state index is 0.238. The lowest BCUT2D eigenvalue weighted by molar-refractivity contribution is 0.102. The number of carbonyl (C=O) groups is 1. The maximum atomic E-state index is 12.4. The minimum Gasteiger partial charge on any atom is -0.298 e. The molecule has 0 unspecified atom stereocenters. The van der Waals surface area contributed by atoms with Crippen LogP contribution >= 0.6 is 34.7 Å². The molecular formula is C15H10ClN3OS2. The standard InChI is InChI=1S/C15H10ClN3OS2/c16-11-5-1-2-6-12(11)22-14-10(4-3-7-17-14)13(20)19-15-18-8-9-21-15/h1-9H,(H,18,19,20). The molecule has 0 saturated carbocycles. The van der Waals surface area contributed by atoms with E-state index < -0.39 is 0 Å². The van der Waals surface area contributed by atoms with Crippen LogP contribution in [-0.4, -0.2) is 15.9 Å². The number of thiazole rings is 1. The lowest BCUT2D eigenvalue weighted by Gasteiger charge is -2.08. The van der Waals surface area contributed by atoms with Gasteiger partial charge in [-0.1, -0.05) is 35.5 Å². The largest absolute Gasteiger partial charge is 0.298 e. The molecule has 1 N–H and O–H groups in total. The monoisotopic (exact) mass is 347 g/mol. The van der Waals surface area contributed by atoms with Crippen molar-refractivity contribution >= 4 is 45.7 Å². The van der Waals surface area contributed by atoms with Gasteiger partial charge in [-0.25, -0.2) is 9.97 Å². The number of aromatic nitrogens is 2. The Morgan fingerprint density at radius 3 is 2.77 bits per heavy atom. The van der Waals surface area contributed by atoms with E-state index in [1.165, 1.54) is 23.1 Å². The minimum atomic E-state index is -0.238. The van der Waals surface area contributed by atoms with Gasteiger partial charge in [0.05, 0.1) is 10.6 Å². The van der Waals surface area contributed by atoms with Gasteiger partial charge in [0.1, 0.15) is 5.03 Å². The Hall–Kier alpha value is -1.89. The van der Waals surface area contributed by atoms with Crippen LogP contribution in [0.2, 0.25) is 5.02 Å². The van der Waals surface area contributed by atoms with Crippen molar-refractivity contribution in [2.45, 2.75) is 9.92 Å². The molecule has 0 aliphatic carbocycles. The molecule has 0 bridgehead atoms. The molecule has 0 aliphatic heterocycles. The summed E-state index contributed by atoms with van der Waals surface area (Å²) in [5, 5.41) is 6.35. The molecule has 110 valence electrons. The molecule has 4 nitrogen and oxygen atoms in total. The molecule has 7 heteroatoms. The number of hydrogen-bond donors (Lipinski definition) is 1. The molecule has 3 aromatic rings. The number of benzene rings is 1. The van der Waals surface area contributed by atoms with E-state index >= 15 is 0 Å². The highest BCUT2D eigenvalue weighted by atomic mass is 35.5. The maximum absolute atomic E-state index is 12.4. The van der Waals surface area contributed by atoms with E-state index in [2.05, 4.69) is 15.3 Å². The molecule has 2 heterocycles. The second-order valence-electron chi connectivity index (χ2n) is 4.18. The number of nitrogens with zero attached hydrogens (tertiary/aromatic N) is 2. The third kappa shape index (κ3) is 3.47. The third-order valence-electron chi connectivity index (χ3n) is 2.71. The van der Waals surface area contributed by atoms with Gasteiger partial charge in [-0.15, -0.1) is 11.3 Å². The summed E-state index contributed by atoms with van der Waals surface area (Å²) in [5.74, 6) is -0.238. The van der Waals surface area contributed by atoms with Crippen molar-refractivity contribution in [2.24, 2.45) is 0 Å². The Morgan fingerprint density at radius 1 is 1.14 bits per heavy atom. The van der Waals surface area contributed by atoms with Gasteiger partial charge < -0.3 is 0 Å². The number of nitrogens with one attached hydrogen (secondary N) is 1. The average molecular weight is 348 g/mol. The Labute approximate surface area is 140 Å². The Kier molecular flexibility index (Phi) is 4.72. The number of rotatable bonds is 4. The number of halogens is 1. The van der Waals surface area contributed by atoms with E-state index in [0.717, 1.165) is 4.90 Å². The summed E-state index contributed by atoms with van der Waals surface area (Å²) in [4.78, 5) is 21.6. The predicted molar refractivity (Wildman–Crippen MR) is 89.9 cm³/mol. The van der Waals surface area contributed by atoms with Crippen LogP contribution < -0.4 is 5.32 Å². The van der Waals surface area contributed by atoms with E-state index in [9.17, 15) is 4.79 Å². The topological polar surface area (TPSA) is 54.9 Å². The highest BCUT2D eigenvalue weighted by Crippen LogP contribution is 2.33. The second kappa shape index (κ2) is 6.91. The molecule has 0 spiro atoms.